The van der Waals surface area contributed by atoms with Gasteiger partial charge in [0.1, 0.15) is 5.76 Å². The van der Waals surface area contributed by atoms with Gasteiger partial charge in [0.25, 0.3) is 0 Å². The SMILES string of the molecule is C=CCN(Cc1ccc(Cl)s1)C(=O)CCc1c(C)noc1C. The van der Waals surface area contributed by atoms with Crippen LogP contribution >= 0.6 is 22.9 Å². The van der Waals surface area contributed by atoms with Crippen LogP contribution in [-0.2, 0) is 17.8 Å². The van der Waals surface area contributed by atoms with Gasteiger partial charge in [0.05, 0.1) is 16.6 Å². The highest BCUT2D eigenvalue weighted by Gasteiger charge is 2.16. The van der Waals surface area contributed by atoms with Gasteiger partial charge in [0.2, 0.25) is 5.91 Å². The van der Waals surface area contributed by atoms with Crippen molar-refractivity contribution < 1.29 is 9.32 Å². The average Bonchev–Trinajstić information content (AvgIpc) is 3.03. The molecule has 6 heteroatoms. The Kier molecular flexibility index (Phi) is 5.80. The Labute approximate surface area is 139 Å². The Bertz CT molecular complexity index is 643. The lowest BCUT2D eigenvalue weighted by atomic mass is 10.1. The summed E-state index contributed by atoms with van der Waals surface area (Å²) in [6.45, 7) is 8.57. The Hall–Kier alpha value is -1.59. The molecule has 2 aromatic heterocycles. The number of thiophene rings is 1. The predicted octanol–water partition coefficient (Wildman–Crippen LogP) is 4.15. The number of carbonyl (C=O) groups is 1. The molecule has 4 nitrogen and oxygen atoms in total. The van der Waals surface area contributed by atoms with Crippen LogP contribution in [0.2, 0.25) is 4.34 Å². The highest BCUT2D eigenvalue weighted by molar-refractivity contribution is 7.16. The second-order valence-electron chi connectivity index (χ2n) is 5.07. The molecule has 0 atom stereocenters. The van der Waals surface area contributed by atoms with Crippen LogP contribution in [0.15, 0.2) is 29.3 Å². The Morgan fingerprint density at radius 2 is 2.27 bits per heavy atom. The summed E-state index contributed by atoms with van der Waals surface area (Å²) >= 11 is 7.43. The summed E-state index contributed by atoms with van der Waals surface area (Å²) in [6, 6.07) is 3.80. The van der Waals surface area contributed by atoms with Gasteiger partial charge in [-0.15, -0.1) is 17.9 Å². The maximum Gasteiger partial charge on any atom is 0.223 e. The number of nitrogens with zero attached hydrogens (tertiary/aromatic N) is 2. The number of hydrogen-bond acceptors (Lipinski definition) is 4. The van der Waals surface area contributed by atoms with E-state index in [1.54, 1.807) is 11.0 Å². The molecule has 2 aromatic rings. The lowest BCUT2D eigenvalue weighted by molar-refractivity contribution is -0.131. The van der Waals surface area contributed by atoms with E-state index in [4.69, 9.17) is 16.1 Å². The van der Waals surface area contributed by atoms with Crippen LogP contribution in [0.1, 0.15) is 28.3 Å². The third kappa shape index (κ3) is 4.21. The number of aryl methyl sites for hydroxylation is 2. The molecule has 0 aromatic carbocycles. The van der Waals surface area contributed by atoms with Gasteiger partial charge in [-0.25, -0.2) is 0 Å². The number of amides is 1. The van der Waals surface area contributed by atoms with Gasteiger partial charge < -0.3 is 9.42 Å². The van der Waals surface area contributed by atoms with E-state index in [0.717, 1.165) is 26.2 Å². The van der Waals surface area contributed by atoms with E-state index in [9.17, 15) is 4.79 Å². The molecular weight excluding hydrogens is 320 g/mol. The summed E-state index contributed by atoms with van der Waals surface area (Å²) in [5.74, 6) is 0.870. The Morgan fingerprint density at radius 1 is 1.50 bits per heavy atom. The molecule has 2 heterocycles. The standard InChI is InChI=1S/C16H19ClN2O2S/c1-4-9-19(10-13-5-7-15(17)22-13)16(20)8-6-14-11(2)18-21-12(14)3/h4-5,7H,1,6,8-10H2,2-3H3. The molecule has 0 aliphatic carbocycles. The smallest absolute Gasteiger partial charge is 0.223 e. The van der Waals surface area contributed by atoms with Crippen molar-refractivity contribution in [3.05, 3.63) is 51.0 Å². The quantitative estimate of drug-likeness (QED) is 0.712. The number of aromatic nitrogens is 1. The van der Waals surface area contributed by atoms with Crippen molar-refractivity contribution in [2.24, 2.45) is 0 Å². The van der Waals surface area contributed by atoms with Crippen molar-refractivity contribution in [3.8, 4) is 0 Å². The fourth-order valence-corrected chi connectivity index (χ4v) is 3.39. The molecule has 0 saturated carbocycles. The lowest BCUT2D eigenvalue weighted by Crippen LogP contribution is -2.30. The molecule has 0 spiro atoms. The summed E-state index contributed by atoms with van der Waals surface area (Å²) in [6.07, 6.45) is 2.80. The first-order chi connectivity index (χ1) is 10.5. The van der Waals surface area contributed by atoms with E-state index >= 15 is 0 Å². The zero-order valence-electron chi connectivity index (χ0n) is 12.8. The largest absolute Gasteiger partial charge is 0.361 e. The van der Waals surface area contributed by atoms with Crippen LogP contribution in [0.5, 0.6) is 0 Å². The fourth-order valence-electron chi connectivity index (χ4n) is 2.28. The molecule has 1 amide bonds. The van der Waals surface area contributed by atoms with Crippen molar-refractivity contribution in [1.82, 2.24) is 10.1 Å². The molecule has 22 heavy (non-hydrogen) atoms. The minimum atomic E-state index is 0.0874. The predicted molar refractivity (Wildman–Crippen MR) is 89.2 cm³/mol. The van der Waals surface area contributed by atoms with Gasteiger partial charge >= 0.3 is 0 Å². The number of hydrogen-bond donors (Lipinski definition) is 0. The van der Waals surface area contributed by atoms with Crippen molar-refractivity contribution in [2.75, 3.05) is 6.54 Å². The number of halogens is 1. The van der Waals surface area contributed by atoms with Gasteiger partial charge in [-0.3, -0.25) is 4.79 Å². The third-order valence-electron chi connectivity index (χ3n) is 3.45. The summed E-state index contributed by atoms with van der Waals surface area (Å²) in [7, 11) is 0. The van der Waals surface area contributed by atoms with Crippen LogP contribution in [-0.4, -0.2) is 22.5 Å². The summed E-state index contributed by atoms with van der Waals surface area (Å²) in [4.78, 5) is 15.3. The molecule has 0 bridgehead atoms. The van der Waals surface area contributed by atoms with Crippen LogP contribution < -0.4 is 0 Å². The summed E-state index contributed by atoms with van der Waals surface area (Å²) < 4.78 is 5.86. The van der Waals surface area contributed by atoms with E-state index in [1.165, 1.54) is 11.3 Å². The molecule has 0 radical (unpaired) electrons. The lowest BCUT2D eigenvalue weighted by Gasteiger charge is -2.20. The number of rotatable bonds is 7. The van der Waals surface area contributed by atoms with Crippen molar-refractivity contribution in [3.63, 3.8) is 0 Å². The minimum absolute atomic E-state index is 0.0874. The first-order valence-corrected chi connectivity index (χ1v) is 8.25. The van der Waals surface area contributed by atoms with E-state index in [-0.39, 0.29) is 5.91 Å². The second-order valence-corrected chi connectivity index (χ2v) is 6.87. The van der Waals surface area contributed by atoms with Crippen molar-refractivity contribution >= 4 is 28.8 Å². The van der Waals surface area contributed by atoms with Crippen LogP contribution in [0.3, 0.4) is 0 Å². The third-order valence-corrected chi connectivity index (χ3v) is 4.66. The minimum Gasteiger partial charge on any atom is -0.361 e. The molecule has 0 aliphatic heterocycles. The number of carbonyl (C=O) groups excluding carboxylic acids is 1. The van der Waals surface area contributed by atoms with Crippen molar-refractivity contribution in [2.45, 2.75) is 33.2 Å². The van der Waals surface area contributed by atoms with Gasteiger partial charge in [-0.05, 0) is 32.4 Å². The normalized spacial score (nSPS) is 10.7. The first kappa shape index (κ1) is 16.8. The van der Waals surface area contributed by atoms with Crippen LogP contribution in [0, 0.1) is 13.8 Å². The highest BCUT2D eigenvalue weighted by atomic mass is 35.5. The average molecular weight is 339 g/mol. The Balaban J connectivity index is 1.98. The molecular formula is C16H19ClN2O2S. The Morgan fingerprint density at radius 3 is 2.82 bits per heavy atom. The zero-order valence-corrected chi connectivity index (χ0v) is 14.3. The highest BCUT2D eigenvalue weighted by Crippen LogP contribution is 2.23. The first-order valence-electron chi connectivity index (χ1n) is 7.06. The van der Waals surface area contributed by atoms with E-state index in [2.05, 4.69) is 11.7 Å². The fraction of sp³-hybridized carbons (Fsp3) is 0.375. The second kappa shape index (κ2) is 7.61. The van der Waals surface area contributed by atoms with Crippen LogP contribution in [0.25, 0.3) is 0 Å². The molecule has 0 aliphatic rings. The maximum absolute atomic E-state index is 12.5. The maximum atomic E-state index is 12.5. The summed E-state index contributed by atoms with van der Waals surface area (Å²) in [5.41, 5.74) is 1.87. The molecule has 0 N–H and O–H groups in total. The molecule has 2 rings (SSSR count). The van der Waals surface area contributed by atoms with Crippen molar-refractivity contribution in [1.29, 1.82) is 0 Å². The molecule has 0 fully saturated rings. The van der Waals surface area contributed by atoms with E-state index < -0.39 is 0 Å². The van der Waals surface area contributed by atoms with Gasteiger partial charge in [-0.1, -0.05) is 22.8 Å². The van der Waals surface area contributed by atoms with Gasteiger partial charge in [0.15, 0.2) is 0 Å². The molecule has 0 unspecified atom stereocenters. The van der Waals surface area contributed by atoms with E-state index in [0.29, 0.717) is 25.9 Å². The monoisotopic (exact) mass is 338 g/mol. The van der Waals surface area contributed by atoms with E-state index in [1.807, 2.05) is 26.0 Å². The molecule has 0 saturated heterocycles. The molecule has 118 valence electrons. The van der Waals surface area contributed by atoms with Gasteiger partial charge in [-0.2, -0.15) is 0 Å². The van der Waals surface area contributed by atoms with Gasteiger partial charge in [0, 0.05) is 23.4 Å². The zero-order chi connectivity index (χ0) is 16.1. The topological polar surface area (TPSA) is 46.3 Å². The summed E-state index contributed by atoms with van der Waals surface area (Å²) in [5, 5.41) is 3.92. The van der Waals surface area contributed by atoms with Crippen LogP contribution in [0.4, 0.5) is 0 Å².